The van der Waals surface area contributed by atoms with Crippen molar-refractivity contribution in [3.63, 3.8) is 0 Å². The van der Waals surface area contributed by atoms with Gasteiger partial charge in [-0.2, -0.15) is 0 Å². The van der Waals surface area contributed by atoms with E-state index in [4.69, 9.17) is 27.9 Å². The van der Waals surface area contributed by atoms with Gasteiger partial charge in [-0.25, -0.2) is 4.79 Å². The van der Waals surface area contributed by atoms with Crippen LogP contribution in [0.15, 0.2) is 42.5 Å². The number of phenolic OH excluding ortho intramolecular Hbond substituents is 1. The van der Waals surface area contributed by atoms with Crippen molar-refractivity contribution in [2.75, 3.05) is 6.61 Å². The molecule has 0 radical (unpaired) electrons. The van der Waals surface area contributed by atoms with Crippen molar-refractivity contribution in [1.29, 1.82) is 0 Å². The van der Waals surface area contributed by atoms with Crippen molar-refractivity contribution in [2.24, 2.45) is 0 Å². The summed E-state index contributed by atoms with van der Waals surface area (Å²) in [5.41, 5.74) is 0.866. The Kier molecular flexibility index (Phi) is 6.06. The molecule has 0 aliphatic heterocycles. The minimum atomic E-state index is -0.696. The van der Waals surface area contributed by atoms with E-state index in [1.54, 1.807) is 25.1 Å². The Morgan fingerprint density at radius 1 is 1.21 bits per heavy atom. The third-order valence-corrected chi connectivity index (χ3v) is 3.79. The highest BCUT2D eigenvalue weighted by molar-refractivity contribution is 6.35. The second kappa shape index (κ2) is 8.04. The van der Waals surface area contributed by atoms with Gasteiger partial charge in [-0.3, -0.25) is 4.79 Å². The number of carbonyl (C=O) groups excluding carboxylic acids is 2. The maximum absolute atomic E-state index is 11.9. The predicted molar refractivity (Wildman–Crippen MR) is 91.4 cm³/mol. The Morgan fingerprint density at radius 2 is 1.96 bits per heavy atom. The number of rotatable bonds is 5. The normalized spacial score (nSPS) is 11.6. The Morgan fingerprint density at radius 3 is 2.62 bits per heavy atom. The van der Waals surface area contributed by atoms with Crippen LogP contribution in [0.4, 0.5) is 0 Å². The number of benzene rings is 2. The van der Waals surface area contributed by atoms with Crippen molar-refractivity contribution in [1.82, 2.24) is 5.32 Å². The van der Waals surface area contributed by atoms with Crippen molar-refractivity contribution in [2.45, 2.75) is 13.0 Å². The van der Waals surface area contributed by atoms with Crippen LogP contribution in [0.2, 0.25) is 10.0 Å². The zero-order valence-electron chi connectivity index (χ0n) is 12.8. The third kappa shape index (κ3) is 4.88. The summed E-state index contributed by atoms with van der Waals surface area (Å²) in [6.45, 7) is 1.31. The second-order valence-electron chi connectivity index (χ2n) is 5.08. The van der Waals surface area contributed by atoms with Gasteiger partial charge in [0.15, 0.2) is 6.61 Å². The fraction of sp³-hybridized carbons (Fsp3) is 0.176. The average molecular weight is 368 g/mol. The van der Waals surface area contributed by atoms with Crippen molar-refractivity contribution < 1.29 is 19.4 Å². The molecule has 0 bridgehead atoms. The summed E-state index contributed by atoms with van der Waals surface area (Å²) in [4.78, 5) is 23.7. The Bertz CT molecular complexity index is 764. The van der Waals surface area contributed by atoms with E-state index in [9.17, 15) is 14.7 Å². The highest BCUT2D eigenvalue weighted by Gasteiger charge is 2.15. The highest BCUT2D eigenvalue weighted by Crippen LogP contribution is 2.26. The minimum absolute atomic E-state index is 0.0556. The fourth-order valence-corrected chi connectivity index (χ4v) is 2.63. The number of esters is 1. The van der Waals surface area contributed by atoms with Gasteiger partial charge in [0, 0.05) is 10.0 Å². The lowest BCUT2D eigenvalue weighted by atomic mass is 10.1. The molecule has 1 amide bonds. The largest absolute Gasteiger partial charge is 0.508 e. The number of carbonyl (C=O) groups is 2. The van der Waals surface area contributed by atoms with Gasteiger partial charge in [-0.05, 0) is 42.8 Å². The van der Waals surface area contributed by atoms with E-state index in [0.717, 1.165) is 0 Å². The molecule has 2 aromatic carbocycles. The smallest absolute Gasteiger partial charge is 0.338 e. The maximum Gasteiger partial charge on any atom is 0.338 e. The molecule has 0 spiro atoms. The second-order valence-corrected chi connectivity index (χ2v) is 5.93. The van der Waals surface area contributed by atoms with Crippen LogP contribution < -0.4 is 5.32 Å². The molecule has 2 aromatic rings. The molecule has 24 heavy (non-hydrogen) atoms. The van der Waals surface area contributed by atoms with E-state index in [0.29, 0.717) is 15.6 Å². The van der Waals surface area contributed by atoms with Gasteiger partial charge in [-0.1, -0.05) is 35.3 Å². The molecule has 126 valence electrons. The SMILES string of the molecule is C[C@H](NC(=O)COC(=O)c1cccc(O)c1)c1ccc(Cl)cc1Cl. The average Bonchev–Trinajstić information content (AvgIpc) is 2.52. The molecule has 0 heterocycles. The minimum Gasteiger partial charge on any atom is -0.508 e. The molecule has 2 N–H and O–H groups in total. The molecule has 0 saturated heterocycles. The van der Waals surface area contributed by atoms with Crippen molar-refractivity contribution in [3.05, 3.63) is 63.6 Å². The summed E-state index contributed by atoms with van der Waals surface area (Å²) >= 11 is 11.9. The number of hydrogen-bond donors (Lipinski definition) is 2. The number of amides is 1. The summed E-state index contributed by atoms with van der Waals surface area (Å²) in [6, 6.07) is 10.3. The lowest BCUT2D eigenvalue weighted by Crippen LogP contribution is -2.31. The highest BCUT2D eigenvalue weighted by atomic mass is 35.5. The topological polar surface area (TPSA) is 75.6 Å². The number of hydrogen-bond acceptors (Lipinski definition) is 4. The van der Waals surface area contributed by atoms with Crippen LogP contribution in [0.3, 0.4) is 0 Å². The van der Waals surface area contributed by atoms with E-state index < -0.39 is 18.5 Å². The Labute approximate surface area is 149 Å². The molecule has 2 rings (SSSR count). The van der Waals surface area contributed by atoms with Gasteiger partial charge in [0.2, 0.25) is 0 Å². The molecule has 0 aliphatic carbocycles. The molecular weight excluding hydrogens is 353 g/mol. The number of halogens is 2. The number of phenols is 1. The van der Waals surface area contributed by atoms with E-state index >= 15 is 0 Å². The van der Waals surface area contributed by atoms with Gasteiger partial charge in [0.05, 0.1) is 11.6 Å². The van der Waals surface area contributed by atoms with Gasteiger partial charge in [0.25, 0.3) is 5.91 Å². The maximum atomic E-state index is 11.9. The van der Waals surface area contributed by atoms with Gasteiger partial charge in [0.1, 0.15) is 5.75 Å². The first kappa shape index (κ1) is 18.1. The first-order valence-electron chi connectivity index (χ1n) is 7.07. The van der Waals surface area contributed by atoms with Crippen LogP contribution in [0.25, 0.3) is 0 Å². The molecule has 0 saturated carbocycles. The number of nitrogens with one attached hydrogen (secondary N) is 1. The van der Waals surface area contributed by atoms with Crippen LogP contribution >= 0.6 is 23.2 Å². The van der Waals surface area contributed by atoms with Gasteiger partial charge < -0.3 is 15.2 Å². The standard InChI is InChI=1S/C17H15Cl2NO4/c1-10(14-6-5-12(18)8-15(14)19)20-16(22)9-24-17(23)11-3-2-4-13(21)7-11/h2-8,10,21H,9H2,1H3,(H,20,22)/t10-/m0/s1. The lowest BCUT2D eigenvalue weighted by molar-refractivity contribution is -0.124. The quantitative estimate of drug-likeness (QED) is 0.789. The van der Waals surface area contributed by atoms with E-state index in [-0.39, 0.29) is 17.4 Å². The summed E-state index contributed by atoms with van der Waals surface area (Å²) < 4.78 is 4.91. The Hall–Kier alpha value is -2.24. The summed E-state index contributed by atoms with van der Waals surface area (Å²) in [6.07, 6.45) is 0. The van der Waals surface area contributed by atoms with Gasteiger partial charge >= 0.3 is 5.97 Å². The van der Waals surface area contributed by atoms with E-state index in [1.165, 1.54) is 24.3 Å². The van der Waals surface area contributed by atoms with Crippen LogP contribution in [0, 0.1) is 0 Å². The molecule has 0 aliphatic rings. The first-order chi connectivity index (χ1) is 11.4. The van der Waals surface area contributed by atoms with Gasteiger partial charge in [-0.15, -0.1) is 0 Å². The molecule has 0 fully saturated rings. The lowest BCUT2D eigenvalue weighted by Gasteiger charge is -2.16. The summed E-state index contributed by atoms with van der Waals surface area (Å²) in [5.74, 6) is -1.22. The van der Waals surface area contributed by atoms with E-state index in [1.807, 2.05) is 0 Å². The summed E-state index contributed by atoms with van der Waals surface area (Å²) in [7, 11) is 0. The van der Waals surface area contributed by atoms with Crippen molar-refractivity contribution >= 4 is 35.1 Å². The van der Waals surface area contributed by atoms with Crippen LogP contribution in [0.1, 0.15) is 28.9 Å². The van der Waals surface area contributed by atoms with Crippen molar-refractivity contribution in [3.8, 4) is 5.75 Å². The molecule has 0 unspecified atom stereocenters. The van der Waals surface area contributed by atoms with Crippen LogP contribution in [0.5, 0.6) is 5.75 Å². The Balaban J connectivity index is 1.90. The van der Waals surface area contributed by atoms with E-state index in [2.05, 4.69) is 5.32 Å². The molecule has 0 aromatic heterocycles. The predicted octanol–water partition coefficient (Wildman–Crippen LogP) is 3.73. The molecular formula is C17H15Cl2NO4. The van der Waals surface area contributed by atoms with Crippen LogP contribution in [-0.2, 0) is 9.53 Å². The van der Waals surface area contributed by atoms with Crippen LogP contribution in [-0.4, -0.2) is 23.6 Å². The summed E-state index contributed by atoms with van der Waals surface area (Å²) in [5, 5.41) is 12.9. The zero-order chi connectivity index (χ0) is 17.7. The third-order valence-electron chi connectivity index (χ3n) is 3.22. The first-order valence-corrected chi connectivity index (χ1v) is 7.83. The number of ether oxygens (including phenoxy) is 1. The zero-order valence-corrected chi connectivity index (χ0v) is 14.3. The molecule has 7 heteroatoms. The molecule has 5 nitrogen and oxygen atoms in total. The number of aromatic hydroxyl groups is 1. The molecule has 1 atom stereocenters. The monoisotopic (exact) mass is 367 g/mol. The fourth-order valence-electron chi connectivity index (χ4n) is 2.06.